The molecular formula is C6H5ClN4S. The number of aryl methyl sites for hydroxylation is 1. The molecule has 0 saturated carbocycles. The minimum atomic E-state index is 0.291. The Labute approximate surface area is 78.0 Å². The first-order valence-electron chi connectivity index (χ1n) is 3.24. The lowest BCUT2D eigenvalue weighted by molar-refractivity contribution is 0.768. The van der Waals surface area contributed by atoms with Crippen LogP contribution in [0.5, 0.6) is 0 Å². The summed E-state index contributed by atoms with van der Waals surface area (Å²) in [6.07, 6.45) is 3.60. The van der Waals surface area contributed by atoms with Gasteiger partial charge >= 0.3 is 0 Å². The standard InChI is InChI=1S/C6H5ClN4S/c1-11-3-4(2-8-11)5-9-6(7)10-12-5/h2-3H,1H3. The Bertz CT molecular complexity index is 355. The number of hydrogen-bond acceptors (Lipinski definition) is 4. The molecule has 0 bridgehead atoms. The van der Waals surface area contributed by atoms with Gasteiger partial charge in [-0.2, -0.15) is 9.47 Å². The fraction of sp³-hybridized carbons (Fsp3) is 0.167. The van der Waals surface area contributed by atoms with Crippen molar-refractivity contribution in [3.63, 3.8) is 0 Å². The average Bonchev–Trinajstić information content (AvgIpc) is 2.58. The van der Waals surface area contributed by atoms with Crippen LogP contribution in [0, 0.1) is 0 Å². The van der Waals surface area contributed by atoms with Gasteiger partial charge in [0.05, 0.1) is 11.8 Å². The molecule has 0 saturated heterocycles. The number of aromatic nitrogens is 4. The van der Waals surface area contributed by atoms with E-state index < -0.39 is 0 Å². The zero-order valence-electron chi connectivity index (χ0n) is 6.23. The Kier molecular flexibility index (Phi) is 1.82. The smallest absolute Gasteiger partial charge is 0.234 e. The maximum atomic E-state index is 5.58. The summed E-state index contributed by atoms with van der Waals surface area (Å²) in [7, 11) is 1.85. The van der Waals surface area contributed by atoms with E-state index in [1.807, 2.05) is 13.2 Å². The van der Waals surface area contributed by atoms with Crippen molar-refractivity contribution >= 4 is 23.1 Å². The molecule has 2 aromatic rings. The van der Waals surface area contributed by atoms with Crippen molar-refractivity contribution in [3.05, 3.63) is 17.7 Å². The van der Waals surface area contributed by atoms with Crippen molar-refractivity contribution in [1.82, 2.24) is 19.1 Å². The second kappa shape index (κ2) is 2.84. The van der Waals surface area contributed by atoms with Crippen molar-refractivity contribution < 1.29 is 0 Å². The maximum absolute atomic E-state index is 5.58. The van der Waals surface area contributed by atoms with E-state index in [9.17, 15) is 0 Å². The highest BCUT2D eigenvalue weighted by Gasteiger charge is 2.05. The first-order chi connectivity index (χ1) is 5.75. The minimum absolute atomic E-state index is 0.291. The van der Waals surface area contributed by atoms with Crippen molar-refractivity contribution in [1.29, 1.82) is 0 Å². The second-order valence-corrected chi connectivity index (χ2v) is 3.36. The Balaban J connectivity index is 2.43. The largest absolute Gasteiger partial charge is 0.275 e. The van der Waals surface area contributed by atoms with Gasteiger partial charge in [0.1, 0.15) is 5.01 Å². The Morgan fingerprint density at radius 3 is 2.92 bits per heavy atom. The summed E-state index contributed by atoms with van der Waals surface area (Å²) in [5.74, 6) is 0. The van der Waals surface area contributed by atoms with Crippen LogP contribution in [0.2, 0.25) is 5.28 Å². The highest BCUT2D eigenvalue weighted by Crippen LogP contribution is 2.21. The second-order valence-electron chi connectivity index (χ2n) is 2.27. The van der Waals surface area contributed by atoms with E-state index in [1.165, 1.54) is 11.5 Å². The number of hydrogen-bond donors (Lipinski definition) is 0. The van der Waals surface area contributed by atoms with E-state index >= 15 is 0 Å². The molecule has 4 nitrogen and oxygen atoms in total. The Morgan fingerprint density at radius 1 is 1.58 bits per heavy atom. The SMILES string of the molecule is Cn1cc(-c2nc(Cl)ns2)cn1. The zero-order chi connectivity index (χ0) is 8.55. The predicted molar refractivity (Wildman–Crippen MR) is 47.1 cm³/mol. The van der Waals surface area contributed by atoms with Crippen LogP contribution >= 0.6 is 23.1 Å². The molecule has 0 atom stereocenters. The van der Waals surface area contributed by atoms with Gasteiger partial charge in [0.25, 0.3) is 0 Å². The molecule has 12 heavy (non-hydrogen) atoms. The third-order valence-electron chi connectivity index (χ3n) is 1.35. The molecular weight excluding hydrogens is 196 g/mol. The van der Waals surface area contributed by atoms with Crippen LogP contribution in [0.25, 0.3) is 10.6 Å². The van der Waals surface area contributed by atoms with Crippen molar-refractivity contribution in [2.45, 2.75) is 0 Å². The van der Waals surface area contributed by atoms with Gasteiger partial charge in [-0.3, -0.25) is 4.68 Å². The van der Waals surface area contributed by atoms with Crippen LogP contribution in [0.3, 0.4) is 0 Å². The van der Waals surface area contributed by atoms with Crippen LogP contribution in [0.1, 0.15) is 0 Å². The van der Waals surface area contributed by atoms with E-state index in [4.69, 9.17) is 11.6 Å². The van der Waals surface area contributed by atoms with Crippen LogP contribution in [-0.4, -0.2) is 19.1 Å². The van der Waals surface area contributed by atoms with Crippen LogP contribution < -0.4 is 0 Å². The summed E-state index contributed by atoms with van der Waals surface area (Å²) in [6.45, 7) is 0. The molecule has 0 fully saturated rings. The van der Waals surface area contributed by atoms with Gasteiger partial charge in [-0.05, 0) is 23.1 Å². The van der Waals surface area contributed by atoms with Gasteiger partial charge in [0, 0.05) is 13.2 Å². The van der Waals surface area contributed by atoms with Gasteiger partial charge in [-0.15, -0.1) is 0 Å². The first kappa shape index (κ1) is 7.70. The van der Waals surface area contributed by atoms with Crippen LogP contribution in [-0.2, 0) is 7.05 Å². The molecule has 0 amide bonds. The van der Waals surface area contributed by atoms with Gasteiger partial charge in [0.2, 0.25) is 5.28 Å². The molecule has 2 aromatic heterocycles. The van der Waals surface area contributed by atoms with Crippen molar-refractivity contribution in [2.75, 3.05) is 0 Å². The topological polar surface area (TPSA) is 43.6 Å². The lowest BCUT2D eigenvalue weighted by Gasteiger charge is -1.83. The summed E-state index contributed by atoms with van der Waals surface area (Å²) in [4.78, 5) is 4.01. The quantitative estimate of drug-likeness (QED) is 0.702. The number of nitrogens with zero attached hydrogens (tertiary/aromatic N) is 4. The Hall–Kier alpha value is -0.940. The molecule has 0 aliphatic rings. The lowest BCUT2D eigenvalue weighted by atomic mass is 10.4. The van der Waals surface area contributed by atoms with E-state index in [2.05, 4.69) is 14.5 Å². The molecule has 0 N–H and O–H groups in total. The number of halogens is 1. The fourth-order valence-electron chi connectivity index (χ4n) is 0.854. The predicted octanol–water partition coefficient (Wildman–Crippen LogP) is 1.59. The molecule has 6 heteroatoms. The lowest BCUT2D eigenvalue weighted by Crippen LogP contribution is -1.83. The zero-order valence-corrected chi connectivity index (χ0v) is 7.80. The van der Waals surface area contributed by atoms with Gasteiger partial charge in [-0.1, -0.05) is 0 Å². The summed E-state index contributed by atoms with van der Waals surface area (Å²) < 4.78 is 5.57. The molecule has 0 spiro atoms. The highest BCUT2D eigenvalue weighted by molar-refractivity contribution is 7.09. The van der Waals surface area contributed by atoms with E-state index in [0.717, 1.165) is 10.6 Å². The summed E-state index contributed by atoms with van der Waals surface area (Å²) in [5, 5.41) is 5.10. The fourth-order valence-corrected chi connectivity index (χ4v) is 1.63. The highest BCUT2D eigenvalue weighted by atomic mass is 35.5. The molecule has 62 valence electrons. The van der Waals surface area contributed by atoms with Crippen molar-refractivity contribution in [2.24, 2.45) is 7.05 Å². The minimum Gasteiger partial charge on any atom is -0.275 e. The summed E-state index contributed by atoms with van der Waals surface area (Å²) >= 11 is 6.85. The van der Waals surface area contributed by atoms with E-state index in [0.29, 0.717) is 5.28 Å². The Morgan fingerprint density at radius 2 is 2.42 bits per heavy atom. The molecule has 0 aliphatic carbocycles. The van der Waals surface area contributed by atoms with Gasteiger partial charge < -0.3 is 0 Å². The molecule has 0 unspecified atom stereocenters. The third kappa shape index (κ3) is 1.33. The van der Waals surface area contributed by atoms with E-state index in [-0.39, 0.29) is 0 Å². The van der Waals surface area contributed by atoms with Crippen molar-refractivity contribution in [3.8, 4) is 10.6 Å². The van der Waals surface area contributed by atoms with Crippen LogP contribution in [0.15, 0.2) is 12.4 Å². The monoisotopic (exact) mass is 200 g/mol. The van der Waals surface area contributed by atoms with Crippen LogP contribution in [0.4, 0.5) is 0 Å². The molecule has 0 aromatic carbocycles. The molecule has 0 radical (unpaired) electrons. The molecule has 2 heterocycles. The van der Waals surface area contributed by atoms with Gasteiger partial charge in [-0.25, -0.2) is 4.98 Å². The maximum Gasteiger partial charge on any atom is 0.234 e. The molecule has 0 aliphatic heterocycles. The third-order valence-corrected chi connectivity index (χ3v) is 2.39. The van der Waals surface area contributed by atoms with E-state index in [1.54, 1.807) is 10.9 Å². The first-order valence-corrected chi connectivity index (χ1v) is 4.39. The molecule has 2 rings (SSSR count). The van der Waals surface area contributed by atoms with Gasteiger partial charge in [0.15, 0.2) is 0 Å². The number of rotatable bonds is 1. The normalized spacial score (nSPS) is 10.5. The summed E-state index contributed by atoms with van der Waals surface area (Å²) in [6, 6.07) is 0. The summed E-state index contributed by atoms with van der Waals surface area (Å²) in [5.41, 5.74) is 0.946. The average molecular weight is 201 g/mol.